The maximum Gasteiger partial charge on any atom is 0.251 e. The molecule has 1 heterocycles. The standard InChI is InChI=1S/C18H18ClNO3/c1-3-15(12-6-4-11(2)5-7-12)20-18(21)13-8-14(19)17-16(9-13)22-10-23-17/h4-9,15H,3,10H2,1-2H3,(H,20,21)/t15-/m0/s1. The Morgan fingerprint density at radius 1 is 1.26 bits per heavy atom. The molecule has 0 fully saturated rings. The van der Waals surface area contributed by atoms with Gasteiger partial charge in [0.05, 0.1) is 11.1 Å². The van der Waals surface area contributed by atoms with Crippen LogP contribution in [0.2, 0.25) is 5.02 Å². The summed E-state index contributed by atoms with van der Waals surface area (Å²) >= 11 is 6.14. The Morgan fingerprint density at radius 2 is 2.00 bits per heavy atom. The fraction of sp³-hybridized carbons (Fsp3) is 0.278. The predicted octanol–water partition coefficient (Wildman–Crippen LogP) is 4.26. The van der Waals surface area contributed by atoms with Crippen molar-refractivity contribution in [3.63, 3.8) is 0 Å². The highest BCUT2D eigenvalue weighted by molar-refractivity contribution is 6.32. The Hall–Kier alpha value is -2.20. The Bertz CT molecular complexity index is 728. The van der Waals surface area contributed by atoms with Gasteiger partial charge in [0, 0.05) is 5.56 Å². The van der Waals surface area contributed by atoms with Gasteiger partial charge >= 0.3 is 0 Å². The van der Waals surface area contributed by atoms with E-state index in [1.165, 1.54) is 5.56 Å². The minimum absolute atomic E-state index is 0.0488. The highest BCUT2D eigenvalue weighted by Gasteiger charge is 2.22. The van der Waals surface area contributed by atoms with E-state index in [-0.39, 0.29) is 18.7 Å². The SMILES string of the molecule is CC[C@H](NC(=O)c1cc(Cl)c2c(c1)OCO2)c1ccc(C)cc1. The molecule has 0 radical (unpaired) electrons. The molecule has 3 rings (SSSR count). The molecule has 0 aromatic heterocycles. The Morgan fingerprint density at radius 3 is 2.70 bits per heavy atom. The van der Waals surface area contributed by atoms with Gasteiger partial charge in [-0.2, -0.15) is 0 Å². The van der Waals surface area contributed by atoms with Crippen LogP contribution in [0.1, 0.15) is 40.9 Å². The van der Waals surface area contributed by atoms with Crippen LogP contribution in [0.4, 0.5) is 0 Å². The molecule has 120 valence electrons. The summed E-state index contributed by atoms with van der Waals surface area (Å²) in [6, 6.07) is 11.4. The second-order valence-electron chi connectivity index (χ2n) is 5.54. The molecule has 0 saturated heterocycles. The van der Waals surface area contributed by atoms with E-state index < -0.39 is 0 Å². The van der Waals surface area contributed by atoms with E-state index in [1.54, 1.807) is 12.1 Å². The summed E-state index contributed by atoms with van der Waals surface area (Å²) in [5.41, 5.74) is 2.74. The summed E-state index contributed by atoms with van der Waals surface area (Å²) in [4.78, 5) is 12.5. The monoisotopic (exact) mass is 331 g/mol. The number of rotatable bonds is 4. The third kappa shape index (κ3) is 3.27. The molecule has 2 aromatic rings. The maximum absolute atomic E-state index is 12.5. The fourth-order valence-corrected chi connectivity index (χ4v) is 2.83. The Labute approximate surface area is 140 Å². The van der Waals surface area contributed by atoms with Crippen LogP contribution in [0, 0.1) is 6.92 Å². The molecular formula is C18H18ClNO3. The number of benzene rings is 2. The first kappa shape index (κ1) is 15.7. The molecule has 5 heteroatoms. The summed E-state index contributed by atoms with van der Waals surface area (Å²) in [6.45, 7) is 4.20. The summed E-state index contributed by atoms with van der Waals surface area (Å²) < 4.78 is 10.6. The predicted molar refractivity (Wildman–Crippen MR) is 89.3 cm³/mol. The number of aryl methyl sites for hydroxylation is 1. The van der Waals surface area contributed by atoms with Crippen LogP contribution in [-0.4, -0.2) is 12.7 Å². The smallest absolute Gasteiger partial charge is 0.251 e. The van der Waals surface area contributed by atoms with Crippen LogP contribution in [0.15, 0.2) is 36.4 Å². The largest absolute Gasteiger partial charge is 0.454 e. The maximum atomic E-state index is 12.5. The van der Waals surface area contributed by atoms with E-state index in [1.807, 2.05) is 38.1 Å². The summed E-state index contributed by atoms with van der Waals surface area (Å²) in [5, 5.41) is 3.43. The first-order chi connectivity index (χ1) is 11.1. The van der Waals surface area contributed by atoms with Crippen LogP contribution in [0.5, 0.6) is 11.5 Å². The van der Waals surface area contributed by atoms with Crippen LogP contribution in [0.3, 0.4) is 0 Å². The van der Waals surface area contributed by atoms with Crippen molar-refractivity contribution in [3.05, 3.63) is 58.1 Å². The lowest BCUT2D eigenvalue weighted by Gasteiger charge is -2.18. The first-order valence-electron chi connectivity index (χ1n) is 7.55. The third-order valence-corrected chi connectivity index (χ3v) is 4.16. The van der Waals surface area contributed by atoms with E-state index in [0.717, 1.165) is 12.0 Å². The quantitative estimate of drug-likeness (QED) is 0.910. The number of carbonyl (C=O) groups excluding carboxylic acids is 1. The summed E-state index contributed by atoms with van der Waals surface area (Å²) in [7, 11) is 0. The Balaban J connectivity index is 1.80. The van der Waals surface area contributed by atoms with Crippen LogP contribution in [-0.2, 0) is 0 Å². The molecule has 1 amide bonds. The van der Waals surface area contributed by atoms with Crippen LogP contribution in [0.25, 0.3) is 0 Å². The van der Waals surface area contributed by atoms with Crippen LogP contribution >= 0.6 is 11.6 Å². The van der Waals surface area contributed by atoms with Gasteiger partial charge in [-0.25, -0.2) is 0 Å². The molecule has 1 N–H and O–H groups in total. The topological polar surface area (TPSA) is 47.6 Å². The number of hydrogen-bond acceptors (Lipinski definition) is 3. The lowest BCUT2D eigenvalue weighted by Crippen LogP contribution is -2.28. The number of carbonyl (C=O) groups is 1. The average molecular weight is 332 g/mol. The lowest BCUT2D eigenvalue weighted by molar-refractivity contribution is 0.0935. The highest BCUT2D eigenvalue weighted by Crippen LogP contribution is 2.39. The van der Waals surface area contributed by atoms with E-state index >= 15 is 0 Å². The minimum Gasteiger partial charge on any atom is -0.454 e. The summed E-state index contributed by atoms with van der Waals surface area (Å²) in [6.07, 6.45) is 0.799. The number of fused-ring (bicyclic) bond motifs is 1. The van der Waals surface area contributed by atoms with Gasteiger partial charge in [0.1, 0.15) is 0 Å². The van der Waals surface area contributed by atoms with Gasteiger partial charge < -0.3 is 14.8 Å². The zero-order chi connectivity index (χ0) is 16.4. The zero-order valence-electron chi connectivity index (χ0n) is 13.1. The zero-order valence-corrected chi connectivity index (χ0v) is 13.8. The molecule has 0 saturated carbocycles. The number of nitrogens with one attached hydrogen (secondary N) is 1. The van der Waals surface area contributed by atoms with E-state index in [0.29, 0.717) is 22.1 Å². The van der Waals surface area contributed by atoms with Crippen molar-refractivity contribution >= 4 is 17.5 Å². The Kier molecular flexibility index (Phi) is 4.44. The molecule has 1 aliphatic heterocycles. The first-order valence-corrected chi connectivity index (χ1v) is 7.93. The lowest BCUT2D eigenvalue weighted by atomic mass is 10.0. The van der Waals surface area contributed by atoms with Crippen molar-refractivity contribution < 1.29 is 14.3 Å². The van der Waals surface area contributed by atoms with Crippen molar-refractivity contribution in [3.8, 4) is 11.5 Å². The normalized spacial score (nSPS) is 13.7. The minimum atomic E-state index is -0.183. The van der Waals surface area contributed by atoms with Gasteiger partial charge in [0.25, 0.3) is 5.91 Å². The van der Waals surface area contributed by atoms with Gasteiger partial charge in [-0.3, -0.25) is 4.79 Å². The molecule has 4 nitrogen and oxygen atoms in total. The van der Waals surface area contributed by atoms with E-state index in [9.17, 15) is 4.79 Å². The van der Waals surface area contributed by atoms with Crippen molar-refractivity contribution in [1.82, 2.24) is 5.32 Å². The molecule has 0 bridgehead atoms. The second-order valence-corrected chi connectivity index (χ2v) is 5.94. The van der Waals surface area contributed by atoms with Gasteiger partial charge in [-0.15, -0.1) is 0 Å². The van der Waals surface area contributed by atoms with Crippen molar-refractivity contribution in [2.45, 2.75) is 26.3 Å². The molecule has 0 spiro atoms. The van der Waals surface area contributed by atoms with E-state index in [2.05, 4.69) is 5.32 Å². The van der Waals surface area contributed by atoms with E-state index in [4.69, 9.17) is 21.1 Å². The van der Waals surface area contributed by atoms with Crippen molar-refractivity contribution in [1.29, 1.82) is 0 Å². The highest BCUT2D eigenvalue weighted by atomic mass is 35.5. The fourth-order valence-electron chi connectivity index (χ4n) is 2.56. The number of ether oxygens (including phenoxy) is 2. The number of hydrogen-bond donors (Lipinski definition) is 1. The van der Waals surface area contributed by atoms with Gasteiger partial charge in [0.15, 0.2) is 11.5 Å². The molecule has 1 aliphatic rings. The van der Waals surface area contributed by atoms with Gasteiger partial charge in [0.2, 0.25) is 6.79 Å². The summed E-state index contributed by atoms with van der Waals surface area (Å²) in [5.74, 6) is 0.817. The molecule has 1 atom stereocenters. The second kappa shape index (κ2) is 6.50. The molecule has 2 aromatic carbocycles. The number of halogens is 1. The van der Waals surface area contributed by atoms with Gasteiger partial charge in [-0.1, -0.05) is 48.4 Å². The van der Waals surface area contributed by atoms with Crippen LogP contribution < -0.4 is 14.8 Å². The molecule has 0 unspecified atom stereocenters. The average Bonchev–Trinajstić information content (AvgIpc) is 3.02. The van der Waals surface area contributed by atoms with Gasteiger partial charge in [-0.05, 0) is 31.0 Å². The van der Waals surface area contributed by atoms with Crippen molar-refractivity contribution in [2.75, 3.05) is 6.79 Å². The molecule has 23 heavy (non-hydrogen) atoms. The third-order valence-electron chi connectivity index (χ3n) is 3.88. The molecular weight excluding hydrogens is 314 g/mol. The number of amides is 1. The van der Waals surface area contributed by atoms with Crippen molar-refractivity contribution in [2.24, 2.45) is 0 Å². The molecule has 0 aliphatic carbocycles.